The fourth-order valence-electron chi connectivity index (χ4n) is 1.69. The molecule has 0 aliphatic carbocycles. The van der Waals surface area contributed by atoms with E-state index in [4.69, 9.17) is 9.84 Å². The molecule has 0 heterocycles. The zero-order valence-corrected chi connectivity index (χ0v) is 13.0. The first-order valence-electron chi connectivity index (χ1n) is 6.95. The molecule has 0 radical (unpaired) electrons. The lowest BCUT2D eigenvalue weighted by Gasteiger charge is -2.19. The van der Waals surface area contributed by atoms with Crippen molar-refractivity contribution in [1.29, 1.82) is 0 Å². The molecule has 0 aromatic heterocycles. The number of hydrogen-bond donors (Lipinski definition) is 2. The minimum absolute atomic E-state index is 0.0887. The summed E-state index contributed by atoms with van der Waals surface area (Å²) in [6, 6.07) is 6.86. The third-order valence-electron chi connectivity index (χ3n) is 3.07. The van der Waals surface area contributed by atoms with Crippen molar-refractivity contribution in [3.8, 4) is 5.75 Å². The van der Waals surface area contributed by atoms with Crippen LogP contribution >= 0.6 is 0 Å². The number of carboxylic acid groups (broad SMARTS) is 1. The van der Waals surface area contributed by atoms with Crippen LogP contribution in [0.15, 0.2) is 24.3 Å². The molecular weight excluding hydrogens is 270 g/mol. The van der Waals surface area contributed by atoms with Gasteiger partial charge < -0.3 is 15.2 Å². The summed E-state index contributed by atoms with van der Waals surface area (Å²) in [4.78, 5) is 22.1. The van der Waals surface area contributed by atoms with Gasteiger partial charge in [-0.25, -0.2) is 0 Å². The lowest BCUT2D eigenvalue weighted by molar-refractivity contribution is -0.141. The highest BCUT2D eigenvalue weighted by Crippen LogP contribution is 2.24. The van der Waals surface area contributed by atoms with Crippen LogP contribution < -0.4 is 10.1 Å². The Balaban J connectivity index is 2.39. The largest absolute Gasteiger partial charge is 0.493 e. The van der Waals surface area contributed by atoms with Crippen LogP contribution in [-0.2, 0) is 15.0 Å². The molecule has 1 unspecified atom stereocenters. The molecule has 21 heavy (non-hydrogen) atoms. The van der Waals surface area contributed by atoms with Crippen LogP contribution in [0, 0.1) is 0 Å². The number of rotatable bonds is 6. The number of carbonyl (C=O) groups excluding carboxylic acids is 1. The van der Waals surface area contributed by atoms with Crippen molar-refractivity contribution in [2.45, 2.75) is 45.6 Å². The standard InChI is InChI=1S/C16H23NO4/c1-11(15(19)20)17-14(18)9-10-21-13-7-5-12(6-8-13)16(2,3)4/h5-8,11H,9-10H2,1-4H3,(H,17,18)(H,19,20). The molecule has 5 heteroatoms. The molecule has 0 aliphatic rings. The number of nitrogens with one attached hydrogen (secondary N) is 1. The molecule has 0 spiro atoms. The number of amides is 1. The van der Waals surface area contributed by atoms with Crippen molar-refractivity contribution in [3.63, 3.8) is 0 Å². The minimum atomic E-state index is -1.05. The summed E-state index contributed by atoms with van der Waals surface area (Å²) < 4.78 is 5.48. The van der Waals surface area contributed by atoms with Gasteiger partial charge in [0.25, 0.3) is 0 Å². The fourth-order valence-corrected chi connectivity index (χ4v) is 1.69. The predicted octanol–water partition coefficient (Wildman–Crippen LogP) is 2.34. The van der Waals surface area contributed by atoms with Crippen LogP contribution in [0.1, 0.15) is 39.7 Å². The number of carbonyl (C=O) groups is 2. The van der Waals surface area contributed by atoms with Gasteiger partial charge in [-0.1, -0.05) is 32.9 Å². The zero-order chi connectivity index (χ0) is 16.0. The van der Waals surface area contributed by atoms with Gasteiger partial charge in [0, 0.05) is 0 Å². The molecule has 0 bridgehead atoms. The van der Waals surface area contributed by atoms with E-state index in [1.54, 1.807) is 0 Å². The monoisotopic (exact) mass is 293 g/mol. The maximum absolute atomic E-state index is 11.5. The number of aliphatic carboxylic acids is 1. The Bertz CT molecular complexity index is 488. The number of ether oxygens (including phenoxy) is 1. The molecule has 1 aromatic rings. The third kappa shape index (κ3) is 5.85. The van der Waals surface area contributed by atoms with Crippen LogP contribution in [-0.4, -0.2) is 29.6 Å². The average molecular weight is 293 g/mol. The van der Waals surface area contributed by atoms with E-state index in [0.29, 0.717) is 5.75 Å². The van der Waals surface area contributed by atoms with Gasteiger partial charge >= 0.3 is 5.97 Å². The average Bonchev–Trinajstić information content (AvgIpc) is 2.38. The van der Waals surface area contributed by atoms with E-state index >= 15 is 0 Å². The highest BCUT2D eigenvalue weighted by Gasteiger charge is 2.14. The van der Waals surface area contributed by atoms with Gasteiger partial charge in [-0.3, -0.25) is 9.59 Å². The van der Waals surface area contributed by atoms with Crippen molar-refractivity contribution in [3.05, 3.63) is 29.8 Å². The Morgan fingerprint density at radius 1 is 1.24 bits per heavy atom. The third-order valence-corrected chi connectivity index (χ3v) is 3.07. The van der Waals surface area contributed by atoms with E-state index in [2.05, 4.69) is 26.1 Å². The molecule has 0 saturated carbocycles. The van der Waals surface area contributed by atoms with Gasteiger partial charge in [0.2, 0.25) is 5.91 Å². The summed E-state index contributed by atoms with van der Waals surface area (Å²) >= 11 is 0. The van der Waals surface area contributed by atoms with Gasteiger partial charge in [0.15, 0.2) is 0 Å². The number of benzene rings is 1. The first kappa shape index (κ1) is 17.0. The maximum Gasteiger partial charge on any atom is 0.325 e. The Morgan fingerprint density at radius 2 is 1.81 bits per heavy atom. The van der Waals surface area contributed by atoms with E-state index in [9.17, 15) is 9.59 Å². The van der Waals surface area contributed by atoms with Crippen LogP contribution in [0.3, 0.4) is 0 Å². The summed E-state index contributed by atoms with van der Waals surface area (Å²) in [6.45, 7) is 8.05. The van der Waals surface area contributed by atoms with Crippen molar-refractivity contribution in [2.75, 3.05) is 6.61 Å². The zero-order valence-electron chi connectivity index (χ0n) is 13.0. The van der Waals surface area contributed by atoms with Gasteiger partial charge in [-0.05, 0) is 30.0 Å². The lowest BCUT2D eigenvalue weighted by Crippen LogP contribution is -2.38. The molecule has 1 aromatic carbocycles. The molecule has 1 atom stereocenters. The van der Waals surface area contributed by atoms with Gasteiger partial charge in [0.1, 0.15) is 11.8 Å². The van der Waals surface area contributed by atoms with Crippen molar-refractivity contribution >= 4 is 11.9 Å². The molecule has 0 aliphatic heterocycles. The van der Waals surface area contributed by atoms with E-state index in [1.165, 1.54) is 12.5 Å². The second-order valence-electron chi connectivity index (χ2n) is 6.00. The SMILES string of the molecule is CC(NC(=O)CCOc1ccc(C(C)(C)C)cc1)C(=O)O. The quantitative estimate of drug-likeness (QED) is 0.844. The van der Waals surface area contributed by atoms with Crippen molar-refractivity contribution in [2.24, 2.45) is 0 Å². The first-order chi connectivity index (χ1) is 9.70. The Morgan fingerprint density at radius 3 is 2.29 bits per heavy atom. The van der Waals surface area contributed by atoms with Crippen LogP contribution in [0.2, 0.25) is 0 Å². The Kier molecular flexibility index (Phi) is 5.76. The van der Waals surface area contributed by atoms with Crippen molar-refractivity contribution in [1.82, 2.24) is 5.32 Å². The molecule has 116 valence electrons. The predicted molar refractivity (Wildman–Crippen MR) is 80.5 cm³/mol. The molecule has 0 saturated heterocycles. The van der Waals surface area contributed by atoms with Crippen LogP contribution in [0.4, 0.5) is 0 Å². The van der Waals surface area contributed by atoms with Gasteiger partial charge in [0.05, 0.1) is 13.0 Å². The summed E-state index contributed by atoms with van der Waals surface area (Å²) in [5.41, 5.74) is 1.30. The van der Waals surface area contributed by atoms with E-state index < -0.39 is 12.0 Å². The second-order valence-corrected chi connectivity index (χ2v) is 6.00. The van der Waals surface area contributed by atoms with Gasteiger partial charge in [-0.2, -0.15) is 0 Å². The normalized spacial score (nSPS) is 12.6. The maximum atomic E-state index is 11.5. The van der Waals surface area contributed by atoms with E-state index in [0.717, 1.165) is 0 Å². The summed E-state index contributed by atoms with van der Waals surface area (Å²) in [5.74, 6) is -0.694. The summed E-state index contributed by atoms with van der Waals surface area (Å²) in [7, 11) is 0. The number of hydrogen-bond acceptors (Lipinski definition) is 3. The smallest absolute Gasteiger partial charge is 0.325 e. The van der Waals surface area contributed by atoms with Crippen molar-refractivity contribution < 1.29 is 19.4 Å². The summed E-state index contributed by atoms with van der Waals surface area (Å²) in [6.07, 6.45) is 0.124. The fraction of sp³-hybridized carbons (Fsp3) is 0.500. The molecule has 1 rings (SSSR count). The second kappa shape index (κ2) is 7.11. The molecule has 5 nitrogen and oxygen atoms in total. The summed E-state index contributed by atoms with van der Waals surface area (Å²) in [5, 5.41) is 11.1. The first-order valence-corrected chi connectivity index (χ1v) is 6.95. The molecule has 2 N–H and O–H groups in total. The molecular formula is C16H23NO4. The van der Waals surface area contributed by atoms with Crippen LogP contribution in [0.5, 0.6) is 5.75 Å². The van der Waals surface area contributed by atoms with Crippen LogP contribution in [0.25, 0.3) is 0 Å². The molecule has 0 fully saturated rings. The highest BCUT2D eigenvalue weighted by atomic mass is 16.5. The molecule has 1 amide bonds. The Hall–Kier alpha value is -2.04. The van der Waals surface area contributed by atoms with E-state index in [-0.39, 0.29) is 24.3 Å². The van der Waals surface area contributed by atoms with E-state index in [1.807, 2.05) is 24.3 Å². The van der Waals surface area contributed by atoms with Gasteiger partial charge in [-0.15, -0.1) is 0 Å². The topological polar surface area (TPSA) is 75.6 Å². The minimum Gasteiger partial charge on any atom is -0.493 e. The Labute approximate surface area is 125 Å². The number of carboxylic acids is 1. The lowest BCUT2D eigenvalue weighted by atomic mass is 9.87. The highest BCUT2D eigenvalue weighted by molar-refractivity contribution is 5.83.